The Balaban J connectivity index is 1.84. The molecule has 3 heterocycles. The van der Waals surface area contributed by atoms with Crippen LogP contribution in [0.1, 0.15) is 21.7 Å². The van der Waals surface area contributed by atoms with Crippen molar-refractivity contribution in [2.45, 2.75) is 6.18 Å². The molecule has 0 saturated carbocycles. The second kappa shape index (κ2) is 7.42. The molecule has 4 aromatic rings. The number of nitrogens with one attached hydrogen (secondary N) is 1. The zero-order valence-electron chi connectivity index (χ0n) is 15.6. The minimum absolute atomic E-state index is 0.00367. The first-order valence-corrected chi connectivity index (χ1v) is 8.76. The molecule has 0 radical (unpaired) electrons. The summed E-state index contributed by atoms with van der Waals surface area (Å²) < 4.78 is 42.6. The van der Waals surface area contributed by atoms with E-state index in [2.05, 4.69) is 20.4 Å². The maximum absolute atomic E-state index is 14.0. The lowest BCUT2D eigenvalue weighted by Crippen LogP contribution is -2.21. The van der Waals surface area contributed by atoms with Crippen molar-refractivity contribution in [1.29, 1.82) is 5.26 Å². The van der Waals surface area contributed by atoms with Crippen LogP contribution in [0.5, 0.6) is 0 Å². The number of carbonyl (C=O) groups is 1. The number of amides is 1. The fourth-order valence-corrected chi connectivity index (χ4v) is 3.11. The molecule has 11 heteroatoms. The number of nitriles is 1. The second-order valence-electron chi connectivity index (χ2n) is 6.39. The predicted octanol–water partition coefficient (Wildman–Crippen LogP) is 3.54. The van der Waals surface area contributed by atoms with Crippen molar-refractivity contribution in [3.63, 3.8) is 0 Å². The Morgan fingerprint density at radius 1 is 1.13 bits per heavy atom. The van der Waals surface area contributed by atoms with Gasteiger partial charge in [-0.3, -0.25) is 4.79 Å². The van der Waals surface area contributed by atoms with Gasteiger partial charge in [0.2, 0.25) is 0 Å². The molecule has 0 unspecified atom stereocenters. The van der Waals surface area contributed by atoms with E-state index < -0.39 is 23.3 Å². The minimum atomic E-state index is -4.90. The van der Waals surface area contributed by atoms with Gasteiger partial charge in [0.05, 0.1) is 23.6 Å². The van der Waals surface area contributed by atoms with Gasteiger partial charge in [-0.1, -0.05) is 24.3 Å². The number of aromatic nitrogens is 4. The number of nitrogens with zero attached hydrogens (tertiary/aromatic N) is 5. The van der Waals surface area contributed by atoms with Crippen molar-refractivity contribution in [1.82, 2.24) is 19.7 Å². The number of nitrogen functional groups attached to an aromatic ring is 1. The maximum atomic E-state index is 14.0. The molecule has 0 aliphatic heterocycles. The van der Waals surface area contributed by atoms with Gasteiger partial charge in [0.15, 0.2) is 5.69 Å². The summed E-state index contributed by atoms with van der Waals surface area (Å²) >= 11 is 0. The lowest BCUT2D eigenvalue weighted by Gasteiger charge is -2.14. The van der Waals surface area contributed by atoms with Gasteiger partial charge in [-0.05, 0) is 12.1 Å². The summed E-state index contributed by atoms with van der Waals surface area (Å²) in [6.07, 6.45) is -1.64. The van der Waals surface area contributed by atoms with Crippen molar-refractivity contribution in [2.24, 2.45) is 0 Å². The predicted molar refractivity (Wildman–Crippen MR) is 105 cm³/mol. The van der Waals surface area contributed by atoms with Crippen LogP contribution >= 0.6 is 0 Å². The van der Waals surface area contributed by atoms with E-state index in [1.165, 1.54) is 24.5 Å². The van der Waals surface area contributed by atoms with Crippen LogP contribution in [0.25, 0.3) is 16.5 Å². The topological polar surface area (TPSA) is 123 Å². The van der Waals surface area contributed by atoms with Crippen molar-refractivity contribution < 1.29 is 18.0 Å². The highest BCUT2D eigenvalue weighted by Gasteiger charge is 2.41. The Hall–Kier alpha value is -4.46. The van der Waals surface area contributed by atoms with E-state index in [0.29, 0.717) is 15.5 Å². The molecule has 1 amide bonds. The quantitative estimate of drug-likeness (QED) is 0.520. The number of rotatable bonds is 3. The Bertz CT molecular complexity index is 1360. The molecule has 31 heavy (non-hydrogen) atoms. The fourth-order valence-electron chi connectivity index (χ4n) is 3.11. The van der Waals surface area contributed by atoms with E-state index in [1.807, 2.05) is 0 Å². The number of benzene rings is 1. The molecule has 0 aliphatic carbocycles. The molecule has 0 bridgehead atoms. The standard InChI is InChI=1S/C20H12F3N7O/c21-20(22,23)17-15(19(31)29-11-5-6-26-12(7-11)8-24)9-28-30(17)16-10-27-18(25)14-4-2-1-3-13(14)16/h1-7,9-10H,(H2,25,27)(H,26,29,31). The van der Waals surface area contributed by atoms with Crippen LogP contribution in [0.15, 0.2) is 55.0 Å². The fraction of sp³-hybridized carbons (Fsp3) is 0.0500. The highest BCUT2D eigenvalue weighted by molar-refractivity contribution is 6.05. The first-order chi connectivity index (χ1) is 14.8. The lowest BCUT2D eigenvalue weighted by molar-refractivity contribution is -0.143. The summed E-state index contributed by atoms with van der Waals surface area (Å²) in [7, 11) is 0. The first-order valence-electron chi connectivity index (χ1n) is 8.76. The van der Waals surface area contributed by atoms with Crippen LogP contribution in [0, 0.1) is 11.3 Å². The van der Waals surface area contributed by atoms with Crippen LogP contribution in [0.4, 0.5) is 24.7 Å². The Morgan fingerprint density at radius 2 is 1.87 bits per heavy atom. The molecule has 0 saturated heterocycles. The van der Waals surface area contributed by atoms with Crippen LogP contribution in [0.3, 0.4) is 0 Å². The number of pyridine rings is 2. The number of halogens is 3. The molecule has 1 aromatic carbocycles. The van der Waals surface area contributed by atoms with Gasteiger partial charge in [-0.25, -0.2) is 14.6 Å². The Kier molecular flexibility index (Phi) is 4.75. The number of nitrogens with two attached hydrogens (primary N) is 1. The third-order valence-electron chi connectivity index (χ3n) is 4.45. The molecular formula is C20H12F3N7O. The monoisotopic (exact) mass is 423 g/mol. The molecule has 8 nitrogen and oxygen atoms in total. The van der Waals surface area contributed by atoms with Crippen molar-refractivity contribution in [3.05, 3.63) is 71.9 Å². The highest BCUT2D eigenvalue weighted by atomic mass is 19.4. The Morgan fingerprint density at radius 3 is 2.58 bits per heavy atom. The van der Waals surface area contributed by atoms with E-state index in [1.54, 1.807) is 30.3 Å². The van der Waals surface area contributed by atoms with Crippen molar-refractivity contribution >= 4 is 28.2 Å². The molecule has 0 fully saturated rings. The smallest absolute Gasteiger partial charge is 0.383 e. The van der Waals surface area contributed by atoms with Crippen LogP contribution in [0.2, 0.25) is 0 Å². The van der Waals surface area contributed by atoms with Gasteiger partial charge in [-0.15, -0.1) is 0 Å². The Labute approximate surface area is 172 Å². The zero-order chi connectivity index (χ0) is 22.2. The van der Waals surface area contributed by atoms with Gasteiger partial charge in [0, 0.05) is 22.7 Å². The SMILES string of the molecule is N#Cc1cc(NC(=O)c2cnn(-c3cnc(N)c4ccccc34)c2C(F)(F)F)ccn1. The van der Waals surface area contributed by atoms with Gasteiger partial charge >= 0.3 is 6.18 Å². The molecule has 3 aromatic heterocycles. The summed E-state index contributed by atoms with van der Waals surface area (Å²) in [6.45, 7) is 0. The zero-order valence-corrected chi connectivity index (χ0v) is 15.6. The molecular weight excluding hydrogens is 411 g/mol. The van der Waals surface area contributed by atoms with E-state index in [9.17, 15) is 18.0 Å². The van der Waals surface area contributed by atoms with E-state index in [0.717, 1.165) is 6.20 Å². The number of carbonyl (C=O) groups excluding carboxylic acids is 1. The van der Waals surface area contributed by atoms with Crippen LogP contribution in [-0.4, -0.2) is 25.7 Å². The average Bonchev–Trinajstić information content (AvgIpc) is 3.20. The number of alkyl halides is 3. The third kappa shape index (κ3) is 3.62. The molecule has 154 valence electrons. The third-order valence-corrected chi connectivity index (χ3v) is 4.45. The molecule has 0 aliphatic rings. The van der Waals surface area contributed by atoms with Gasteiger partial charge in [0.25, 0.3) is 5.91 Å². The van der Waals surface area contributed by atoms with Crippen molar-refractivity contribution in [3.8, 4) is 11.8 Å². The lowest BCUT2D eigenvalue weighted by atomic mass is 10.1. The second-order valence-corrected chi connectivity index (χ2v) is 6.39. The summed E-state index contributed by atoms with van der Waals surface area (Å²) in [5.74, 6) is -0.884. The van der Waals surface area contributed by atoms with Gasteiger partial charge in [0.1, 0.15) is 17.6 Å². The minimum Gasteiger partial charge on any atom is -0.383 e. The van der Waals surface area contributed by atoms with E-state index in [4.69, 9.17) is 11.0 Å². The van der Waals surface area contributed by atoms with E-state index in [-0.39, 0.29) is 22.9 Å². The van der Waals surface area contributed by atoms with Gasteiger partial charge in [-0.2, -0.15) is 23.5 Å². The number of hydrogen-bond acceptors (Lipinski definition) is 6. The molecule has 0 spiro atoms. The van der Waals surface area contributed by atoms with Crippen molar-refractivity contribution in [2.75, 3.05) is 11.1 Å². The summed E-state index contributed by atoms with van der Waals surface area (Å²) in [6, 6.07) is 10.9. The van der Waals surface area contributed by atoms with Crippen LogP contribution < -0.4 is 11.1 Å². The largest absolute Gasteiger partial charge is 0.434 e. The first kappa shape index (κ1) is 19.8. The highest BCUT2D eigenvalue weighted by Crippen LogP contribution is 2.36. The summed E-state index contributed by atoms with van der Waals surface area (Å²) in [5.41, 5.74) is 4.02. The summed E-state index contributed by atoms with van der Waals surface area (Å²) in [4.78, 5) is 20.3. The summed E-state index contributed by atoms with van der Waals surface area (Å²) in [5, 5.41) is 15.9. The average molecular weight is 423 g/mol. The molecule has 4 rings (SSSR count). The maximum Gasteiger partial charge on any atom is 0.434 e. The molecule has 3 N–H and O–H groups in total. The van der Waals surface area contributed by atoms with E-state index >= 15 is 0 Å². The number of hydrogen-bond donors (Lipinski definition) is 2. The van der Waals surface area contributed by atoms with Gasteiger partial charge < -0.3 is 11.1 Å². The molecule has 0 atom stereocenters. The number of fused-ring (bicyclic) bond motifs is 1. The normalized spacial score (nSPS) is 11.3. The van der Waals surface area contributed by atoms with Crippen LogP contribution in [-0.2, 0) is 6.18 Å². The number of anilines is 2.